The predicted molar refractivity (Wildman–Crippen MR) is 107 cm³/mol. The van der Waals surface area contributed by atoms with Crippen LogP contribution < -0.4 is 15.4 Å². The van der Waals surface area contributed by atoms with E-state index in [1.807, 2.05) is 6.92 Å². The van der Waals surface area contributed by atoms with Gasteiger partial charge in [0.1, 0.15) is 5.75 Å². The van der Waals surface area contributed by atoms with E-state index in [-0.39, 0.29) is 29.6 Å². The molecule has 3 rings (SSSR count). The molecular weight excluding hydrogens is 404 g/mol. The van der Waals surface area contributed by atoms with Gasteiger partial charge in [-0.05, 0) is 43.2 Å². The van der Waals surface area contributed by atoms with Gasteiger partial charge in [-0.1, -0.05) is 17.7 Å². The smallest absolute Gasteiger partial charge is 0.262 e. The number of aryl methyl sites for hydroxylation is 2. The molecule has 0 radical (unpaired) electrons. The molecule has 2 aromatic rings. The summed E-state index contributed by atoms with van der Waals surface area (Å²) in [4.78, 5) is 23.6. The summed E-state index contributed by atoms with van der Waals surface area (Å²) in [6.07, 6.45) is -0.206. The quantitative estimate of drug-likeness (QED) is 0.770. The first-order chi connectivity index (χ1) is 13.2. The van der Waals surface area contributed by atoms with Gasteiger partial charge in [-0.15, -0.1) is 0 Å². The molecule has 2 aromatic carbocycles. The minimum absolute atomic E-state index is 0.0774. The van der Waals surface area contributed by atoms with Crippen LogP contribution in [0.5, 0.6) is 5.75 Å². The lowest BCUT2D eigenvalue weighted by atomic mass is 10.2. The molecule has 1 heterocycles. The van der Waals surface area contributed by atoms with E-state index in [2.05, 4.69) is 10.6 Å². The van der Waals surface area contributed by atoms with E-state index < -0.39 is 15.7 Å². The summed E-state index contributed by atoms with van der Waals surface area (Å²) in [6, 6.07) is 8.02. The summed E-state index contributed by atoms with van der Waals surface area (Å²) >= 11 is 6.03. The Hall–Kier alpha value is -2.58. The lowest BCUT2D eigenvalue weighted by Crippen LogP contribution is -2.26. The van der Waals surface area contributed by atoms with Gasteiger partial charge in [0.15, 0.2) is 16.4 Å². The summed E-state index contributed by atoms with van der Waals surface area (Å²) in [5, 5.41) is 5.79. The number of benzene rings is 2. The molecule has 9 heteroatoms. The molecule has 0 saturated heterocycles. The minimum Gasteiger partial charge on any atom is -0.482 e. The van der Waals surface area contributed by atoms with Gasteiger partial charge in [-0.3, -0.25) is 9.59 Å². The van der Waals surface area contributed by atoms with Crippen molar-refractivity contribution in [1.29, 1.82) is 0 Å². The van der Waals surface area contributed by atoms with Crippen molar-refractivity contribution in [3.8, 4) is 5.75 Å². The second-order valence-electron chi connectivity index (χ2n) is 6.53. The fourth-order valence-corrected chi connectivity index (χ4v) is 4.47. The topological polar surface area (TPSA) is 102 Å². The van der Waals surface area contributed by atoms with E-state index in [0.29, 0.717) is 27.7 Å². The van der Waals surface area contributed by atoms with Gasteiger partial charge in [-0.25, -0.2) is 8.42 Å². The van der Waals surface area contributed by atoms with Crippen molar-refractivity contribution in [2.45, 2.75) is 25.2 Å². The molecule has 0 aromatic heterocycles. The number of nitrogens with one attached hydrogen (secondary N) is 2. The predicted octanol–water partition coefficient (Wildman–Crippen LogP) is 3.09. The molecule has 28 heavy (non-hydrogen) atoms. The molecule has 0 saturated carbocycles. The highest BCUT2D eigenvalue weighted by atomic mass is 35.5. The average Bonchev–Trinajstić information content (AvgIpc) is 2.62. The van der Waals surface area contributed by atoms with Crippen molar-refractivity contribution in [2.75, 3.05) is 23.0 Å². The van der Waals surface area contributed by atoms with Crippen LogP contribution in [0.2, 0.25) is 5.02 Å². The average molecular weight is 423 g/mol. The van der Waals surface area contributed by atoms with Gasteiger partial charge in [0.2, 0.25) is 5.91 Å². The number of hydrogen-bond donors (Lipinski definition) is 2. The van der Waals surface area contributed by atoms with E-state index >= 15 is 0 Å². The molecule has 1 aliphatic rings. The molecular formula is C19H19ClN2O5S. The fraction of sp³-hybridized carbons (Fsp3) is 0.263. The number of carbonyl (C=O) groups excluding carboxylic acids is 2. The Bertz CT molecular complexity index is 1070. The monoisotopic (exact) mass is 422 g/mol. The number of amides is 2. The van der Waals surface area contributed by atoms with Crippen LogP contribution in [-0.4, -0.2) is 32.6 Å². The molecule has 2 amide bonds. The van der Waals surface area contributed by atoms with Crippen LogP contribution in [0.25, 0.3) is 0 Å². The third-order valence-electron chi connectivity index (χ3n) is 4.30. The third kappa shape index (κ3) is 4.45. The Labute approximate surface area is 168 Å². The third-order valence-corrected chi connectivity index (χ3v) is 6.56. The fourth-order valence-electron chi connectivity index (χ4n) is 2.78. The summed E-state index contributed by atoms with van der Waals surface area (Å²) in [6.45, 7) is 3.30. The van der Waals surface area contributed by atoms with E-state index in [1.54, 1.807) is 31.2 Å². The molecule has 0 atom stereocenters. The van der Waals surface area contributed by atoms with Crippen molar-refractivity contribution in [2.24, 2.45) is 0 Å². The van der Waals surface area contributed by atoms with E-state index in [9.17, 15) is 18.0 Å². The molecule has 148 valence electrons. The zero-order valence-electron chi connectivity index (χ0n) is 15.3. The highest BCUT2D eigenvalue weighted by Crippen LogP contribution is 2.33. The summed E-state index contributed by atoms with van der Waals surface area (Å²) in [5.41, 5.74) is 2.28. The first-order valence-corrected chi connectivity index (χ1v) is 10.5. The molecule has 0 bridgehead atoms. The second-order valence-corrected chi connectivity index (χ2v) is 9.02. The highest BCUT2D eigenvalue weighted by molar-refractivity contribution is 7.91. The molecule has 0 unspecified atom stereocenters. The maximum absolute atomic E-state index is 12.7. The number of fused-ring (bicyclic) bond motifs is 1. The molecule has 7 nitrogen and oxygen atoms in total. The number of sulfone groups is 1. The number of ether oxygens (including phenoxy) is 1. The van der Waals surface area contributed by atoms with Crippen molar-refractivity contribution < 1.29 is 22.7 Å². The van der Waals surface area contributed by atoms with Crippen LogP contribution >= 0.6 is 11.6 Å². The van der Waals surface area contributed by atoms with Gasteiger partial charge in [0.25, 0.3) is 5.91 Å². The SMILES string of the molecule is Cc1ccc(NC(=O)CCS(=O)(=O)c2cc3c(cc2C)NC(=O)CO3)cc1Cl. The maximum atomic E-state index is 12.7. The molecule has 0 spiro atoms. The number of halogens is 1. The largest absolute Gasteiger partial charge is 0.482 e. The Morgan fingerprint density at radius 1 is 1.21 bits per heavy atom. The van der Waals surface area contributed by atoms with E-state index in [4.69, 9.17) is 16.3 Å². The molecule has 0 aliphatic carbocycles. The summed E-state index contributed by atoms with van der Waals surface area (Å²) in [7, 11) is -3.72. The Kier molecular flexibility index (Phi) is 5.62. The molecule has 0 fully saturated rings. The van der Waals surface area contributed by atoms with Crippen LogP contribution in [0, 0.1) is 13.8 Å². The van der Waals surface area contributed by atoms with Crippen LogP contribution in [-0.2, 0) is 19.4 Å². The number of hydrogen-bond acceptors (Lipinski definition) is 5. The van der Waals surface area contributed by atoms with Crippen molar-refractivity contribution in [1.82, 2.24) is 0 Å². The minimum atomic E-state index is -3.72. The second kappa shape index (κ2) is 7.81. The maximum Gasteiger partial charge on any atom is 0.262 e. The van der Waals surface area contributed by atoms with Gasteiger partial charge < -0.3 is 15.4 Å². The molecule has 1 aliphatic heterocycles. The van der Waals surface area contributed by atoms with Crippen molar-refractivity contribution in [3.63, 3.8) is 0 Å². The standard InChI is InChI=1S/C19H19ClN2O5S/c1-11-3-4-13(8-14(11)20)21-18(23)5-6-28(25,26)17-9-16-15(7-12(17)2)22-19(24)10-27-16/h3-4,7-9H,5-6,10H2,1-2H3,(H,21,23)(H,22,24). The first-order valence-electron chi connectivity index (χ1n) is 8.52. The Balaban J connectivity index is 1.70. The van der Waals surface area contributed by atoms with Crippen molar-refractivity contribution >= 4 is 44.6 Å². The van der Waals surface area contributed by atoms with Crippen LogP contribution in [0.3, 0.4) is 0 Å². The number of carbonyl (C=O) groups is 2. The Morgan fingerprint density at radius 3 is 2.68 bits per heavy atom. The zero-order chi connectivity index (χ0) is 20.5. The van der Waals surface area contributed by atoms with Gasteiger partial charge in [-0.2, -0.15) is 0 Å². The summed E-state index contributed by atoms with van der Waals surface area (Å²) in [5.74, 6) is -0.787. The lowest BCUT2D eigenvalue weighted by Gasteiger charge is -2.20. The van der Waals surface area contributed by atoms with Crippen molar-refractivity contribution in [3.05, 3.63) is 46.5 Å². The molecule has 2 N–H and O–H groups in total. The van der Waals surface area contributed by atoms with Gasteiger partial charge >= 0.3 is 0 Å². The zero-order valence-corrected chi connectivity index (χ0v) is 16.9. The lowest BCUT2D eigenvalue weighted by molar-refractivity contribution is -0.118. The highest BCUT2D eigenvalue weighted by Gasteiger charge is 2.24. The van der Waals surface area contributed by atoms with Crippen LogP contribution in [0.1, 0.15) is 17.5 Å². The van der Waals surface area contributed by atoms with Gasteiger partial charge in [0.05, 0.1) is 16.3 Å². The van der Waals surface area contributed by atoms with Gasteiger partial charge in [0, 0.05) is 23.2 Å². The number of rotatable bonds is 5. The first kappa shape index (κ1) is 20.2. The normalized spacial score (nSPS) is 13.3. The number of anilines is 2. The van der Waals surface area contributed by atoms with Crippen LogP contribution in [0.4, 0.5) is 11.4 Å². The Morgan fingerprint density at radius 2 is 1.96 bits per heavy atom. The van der Waals surface area contributed by atoms with Crippen LogP contribution in [0.15, 0.2) is 35.2 Å². The van der Waals surface area contributed by atoms with E-state index in [1.165, 1.54) is 6.07 Å². The summed E-state index contributed by atoms with van der Waals surface area (Å²) < 4.78 is 30.7. The van der Waals surface area contributed by atoms with E-state index in [0.717, 1.165) is 5.56 Å².